The molecule has 0 aliphatic rings. The Kier molecular flexibility index (Phi) is 8.15. The van der Waals surface area contributed by atoms with Gasteiger partial charge in [-0.05, 0) is 51.8 Å². The highest BCUT2D eigenvalue weighted by Crippen LogP contribution is 2.37. The van der Waals surface area contributed by atoms with E-state index in [1.807, 2.05) is 24.3 Å². The summed E-state index contributed by atoms with van der Waals surface area (Å²) in [6.07, 6.45) is 1.51. The highest BCUT2D eigenvalue weighted by atomic mass is 79.9. The minimum Gasteiger partial charge on any atom is -0.493 e. The van der Waals surface area contributed by atoms with Crippen molar-refractivity contribution in [1.82, 2.24) is 10.4 Å². The van der Waals surface area contributed by atoms with Crippen LogP contribution in [0.5, 0.6) is 11.5 Å². The first kappa shape index (κ1) is 24.2. The van der Waals surface area contributed by atoms with Gasteiger partial charge in [-0.25, -0.2) is 14.8 Å². The number of carbonyl (C=O) groups is 1. The summed E-state index contributed by atoms with van der Waals surface area (Å²) < 4.78 is 27.6. The number of hydrogen-bond donors (Lipinski definition) is 1. The molecule has 0 atom stereocenters. The lowest BCUT2D eigenvalue weighted by Crippen LogP contribution is -2.19. The second-order valence-corrected chi connectivity index (χ2v) is 10.1. The van der Waals surface area contributed by atoms with Crippen LogP contribution >= 0.6 is 39.0 Å². The third kappa shape index (κ3) is 6.13. The van der Waals surface area contributed by atoms with Crippen LogP contribution < -0.4 is 14.9 Å². The maximum absolute atomic E-state index is 13.9. The van der Waals surface area contributed by atoms with Crippen molar-refractivity contribution in [1.29, 1.82) is 0 Å². The predicted octanol–water partition coefficient (Wildman–Crippen LogP) is 6.03. The highest BCUT2D eigenvalue weighted by molar-refractivity contribution is 9.10. The van der Waals surface area contributed by atoms with Crippen LogP contribution in [0.1, 0.15) is 11.1 Å². The van der Waals surface area contributed by atoms with Gasteiger partial charge in [0.05, 0.1) is 33.8 Å². The van der Waals surface area contributed by atoms with Crippen molar-refractivity contribution in [3.05, 3.63) is 82.1 Å². The van der Waals surface area contributed by atoms with Crippen LogP contribution in [0.4, 0.5) is 4.39 Å². The molecule has 0 spiro atoms. The zero-order valence-corrected chi connectivity index (χ0v) is 21.2. The number of fused-ring (bicyclic) bond motifs is 1. The van der Waals surface area contributed by atoms with Crippen LogP contribution in [-0.4, -0.2) is 30.0 Å². The van der Waals surface area contributed by atoms with Crippen LogP contribution in [0.25, 0.3) is 10.2 Å². The van der Waals surface area contributed by atoms with Crippen molar-refractivity contribution in [3.8, 4) is 11.5 Å². The summed E-state index contributed by atoms with van der Waals surface area (Å²) in [4.78, 5) is 16.7. The summed E-state index contributed by atoms with van der Waals surface area (Å²) in [7, 11) is 1.51. The minimum absolute atomic E-state index is 0.0530. The van der Waals surface area contributed by atoms with Crippen molar-refractivity contribution in [2.75, 3.05) is 12.9 Å². The molecule has 10 heteroatoms. The molecule has 6 nitrogen and oxygen atoms in total. The molecule has 1 N–H and O–H groups in total. The van der Waals surface area contributed by atoms with Gasteiger partial charge in [0.1, 0.15) is 12.4 Å². The monoisotopic (exact) mass is 559 g/mol. The lowest BCUT2D eigenvalue weighted by Gasteiger charge is -2.14. The van der Waals surface area contributed by atoms with E-state index in [1.54, 1.807) is 41.7 Å². The van der Waals surface area contributed by atoms with Crippen molar-refractivity contribution >= 4 is 61.4 Å². The highest BCUT2D eigenvalue weighted by Gasteiger charge is 2.13. The molecule has 0 aliphatic carbocycles. The third-order valence-corrected chi connectivity index (χ3v) is 7.35. The third-order valence-electron chi connectivity index (χ3n) is 4.59. The molecule has 174 valence electrons. The number of para-hydroxylation sites is 1. The van der Waals surface area contributed by atoms with Crippen LogP contribution in [0, 0.1) is 5.82 Å². The van der Waals surface area contributed by atoms with Crippen molar-refractivity contribution < 1.29 is 18.7 Å². The lowest BCUT2D eigenvalue weighted by molar-refractivity contribution is -0.118. The molecule has 1 aromatic heterocycles. The Morgan fingerprint density at radius 3 is 2.82 bits per heavy atom. The van der Waals surface area contributed by atoms with Crippen molar-refractivity contribution in [2.24, 2.45) is 5.10 Å². The molecule has 0 unspecified atom stereocenters. The number of rotatable bonds is 9. The first-order chi connectivity index (χ1) is 16.5. The first-order valence-electron chi connectivity index (χ1n) is 10.1. The molecule has 1 heterocycles. The normalized spacial score (nSPS) is 11.1. The van der Waals surface area contributed by atoms with Crippen LogP contribution in [0.3, 0.4) is 0 Å². The predicted molar refractivity (Wildman–Crippen MR) is 138 cm³/mol. The van der Waals surface area contributed by atoms with Gasteiger partial charge in [-0.2, -0.15) is 5.10 Å². The zero-order chi connectivity index (χ0) is 23.9. The van der Waals surface area contributed by atoms with E-state index in [4.69, 9.17) is 9.47 Å². The Bertz CT molecular complexity index is 1310. The smallest absolute Gasteiger partial charge is 0.250 e. The standard InChI is InChI=1S/C24H19BrFN3O3S2/c1-31-20-11-15(10-17(25)23(20)32-13-16-6-2-3-7-18(16)26)12-27-29-22(30)14-33-24-28-19-8-4-5-9-21(19)34-24/h2-12H,13-14H2,1H3,(H,29,30)/b27-12-. The van der Waals surface area contributed by atoms with E-state index in [1.165, 1.54) is 31.2 Å². The molecular formula is C24H19BrFN3O3S2. The fourth-order valence-electron chi connectivity index (χ4n) is 2.97. The number of benzene rings is 3. The number of hydrogen-bond acceptors (Lipinski definition) is 7. The molecule has 0 saturated heterocycles. The van der Waals surface area contributed by atoms with Gasteiger partial charge in [-0.1, -0.05) is 42.1 Å². The summed E-state index contributed by atoms with van der Waals surface area (Å²) in [5.74, 6) is 0.520. The number of nitrogens with one attached hydrogen (secondary N) is 1. The Morgan fingerprint density at radius 2 is 2.03 bits per heavy atom. The number of carbonyl (C=O) groups excluding carboxylic acids is 1. The second-order valence-electron chi connectivity index (χ2n) is 6.94. The fraction of sp³-hybridized carbons (Fsp3) is 0.125. The average molecular weight is 560 g/mol. The zero-order valence-electron chi connectivity index (χ0n) is 18.0. The van der Waals surface area contributed by atoms with Gasteiger partial charge in [0.2, 0.25) is 0 Å². The van der Waals surface area contributed by atoms with E-state index in [0.29, 0.717) is 27.1 Å². The molecule has 0 saturated carbocycles. The van der Waals surface area contributed by atoms with Gasteiger partial charge >= 0.3 is 0 Å². The maximum atomic E-state index is 13.9. The van der Waals surface area contributed by atoms with Gasteiger partial charge in [-0.3, -0.25) is 4.79 Å². The molecule has 4 rings (SSSR count). The van der Waals surface area contributed by atoms with Gasteiger partial charge in [0.25, 0.3) is 5.91 Å². The summed E-state index contributed by atoms with van der Waals surface area (Å²) in [6, 6.07) is 17.8. The maximum Gasteiger partial charge on any atom is 0.250 e. The fourth-order valence-corrected chi connectivity index (χ4v) is 5.41. The summed E-state index contributed by atoms with van der Waals surface area (Å²) in [5.41, 5.74) is 4.56. The van der Waals surface area contributed by atoms with E-state index < -0.39 is 0 Å². The van der Waals surface area contributed by atoms with Crippen LogP contribution in [-0.2, 0) is 11.4 Å². The molecule has 0 bridgehead atoms. The lowest BCUT2D eigenvalue weighted by atomic mass is 10.2. The molecular weight excluding hydrogens is 541 g/mol. The van der Waals surface area contributed by atoms with E-state index in [2.05, 4.69) is 31.4 Å². The Morgan fingerprint density at radius 1 is 1.24 bits per heavy atom. The molecule has 1 amide bonds. The Hall–Kier alpha value is -2.95. The number of amides is 1. The van der Waals surface area contributed by atoms with Crippen molar-refractivity contribution in [3.63, 3.8) is 0 Å². The Balaban J connectivity index is 1.34. The topological polar surface area (TPSA) is 72.8 Å². The number of methoxy groups -OCH3 is 1. The molecule has 0 fully saturated rings. The number of aromatic nitrogens is 1. The van der Waals surface area contributed by atoms with Crippen LogP contribution in [0.2, 0.25) is 0 Å². The molecule has 3 aromatic carbocycles. The molecule has 0 aliphatic heterocycles. The molecule has 34 heavy (non-hydrogen) atoms. The Labute approximate surface area is 212 Å². The van der Waals surface area contributed by atoms with Gasteiger partial charge in [0, 0.05) is 5.56 Å². The SMILES string of the molecule is COc1cc(/C=N\NC(=O)CSc2nc3ccccc3s2)cc(Br)c1OCc1ccccc1F. The van der Waals surface area contributed by atoms with Crippen molar-refractivity contribution in [2.45, 2.75) is 10.9 Å². The van der Waals surface area contributed by atoms with E-state index >= 15 is 0 Å². The molecule has 4 aromatic rings. The average Bonchev–Trinajstić information content (AvgIpc) is 3.26. The number of ether oxygens (including phenoxy) is 2. The number of halogens is 2. The van der Waals surface area contributed by atoms with Gasteiger partial charge < -0.3 is 9.47 Å². The first-order valence-corrected chi connectivity index (χ1v) is 12.7. The summed E-state index contributed by atoms with van der Waals surface area (Å²) in [5, 5.41) is 4.03. The number of hydrazone groups is 1. The molecule has 0 radical (unpaired) electrons. The van der Waals surface area contributed by atoms with E-state index in [0.717, 1.165) is 14.6 Å². The number of thioether (sulfide) groups is 1. The largest absolute Gasteiger partial charge is 0.493 e. The van der Waals surface area contributed by atoms with E-state index in [9.17, 15) is 9.18 Å². The summed E-state index contributed by atoms with van der Waals surface area (Å²) >= 11 is 6.38. The quantitative estimate of drug-likeness (QED) is 0.154. The summed E-state index contributed by atoms with van der Waals surface area (Å²) in [6.45, 7) is 0.0530. The second kappa shape index (κ2) is 11.5. The number of thiazole rings is 1. The van der Waals surface area contributed by atoms with Gasteiger partial charge in [-0.15, -0.1) is 11.3 Å². The number of nitrogens with zero attached hydrogens (tertiary/aromatic N) is 2. The van der Waals surface area contributed by atoms with Crippen LogP contribution in [0.15, 0.2) is 74.6 Å². The minimum atomic E-state index is -0.335. The van der Waals surface area contributed by atoms with E-state index in [-0.39, 0.29) is 24.1 Å². The van der Waals surface area contributed by atoms with Gasteiger partial charge in [0.15, 0.2) is 15.8 Å².